The van der Waals surface area contributed by atoms with Crippen LogP contribution in [0.1, 0.15) is 128 Å². The van der Waals surface area contributed by atoms with E-state index in [2.05, 4.69) is 93.0 Å². The first-order valence-corrected chi connectivity index (χ1v) is 22.2. The van der Waals surface area contributed by atoms with Crippen molar-refractivity contribution >= 4 is 23.8 Å². The number of benzene rings is 2. The Morgan fingerprint density at radius 3 is 1.77 bits per heavy atom. The molecule has 4 saturated heterocycles. The maximum absolute atomic E-state index is 4.45. The van der Waals surface area contributed by atoms with Crippen LogP contribution in [-0.2, 0) is 5.16 Å². The Morgan fingerprint density at radius 1 is 0.628 bits per heavy atom. The minimum atomic E-state index is -0.390. The smallest absolute Gasteiger partial charge is 0.0436 e. The Bertz CT molecular complexity index is 1450. The van der Waals surface area contributed by atoms with Crippen LogP contribution in [0.25, 0.3) is 0 Å². The average molecular weight is 625 g/mol. The normalized spacial score (nSPS) is 44.1. The SMILES string of the molecule is CC1([C@H]2P3[C@H]4[C@@]3(C3(C)CCCCC3)P(C#Cc3ccccc3)[C@]3(C5(C)CCCCC5)P2[C@@]43c2ccccc2)CCCCC1. The Balaban J connectivity index is 1.33. The molecule has 3 unspecified atom stereocenters. The number of hydrogen-bond acceptors (Lipinski definition) is 0. The molecule has 0 nitrogen and oxygen atoms in total. The highest BCUT2D eigenvalue weighted by Crippen LogP contribution is 3.28. The first-order chi connectivity index (χ1) is 20.9. The standard InChI is InChI=1S/C40H51P3/c1-35(24-13-6-14-25-35)34-42-33-38(32-21-11-5-12-22-32)40(43(34)38,37(3)28-17-8-18-29-37)41(30-23-31-19-9-4-10-20-31)39(33,42)36(2)26-15-7-16-27-36/h4-5,9-12,19-22,33-34H,6-8,13-18,24-29H2,1-3H3/t33-,34+,38+,39-,40-,41?,42?,43?/m1/s1. The van der Waals surface area contributed by atoms with Crippen molar-refractivity contribution < 1.29 is 0 Å². The lowest BCUT2D eigenvalue weighted by Gasteiger charge is -2.57. The van der Waals surface area contributed by atoms with E-state index in [9.17, 15) is 0 Å². The first kappa shape index (κ1) is 28.5. The van der Waals surface area contributed by atoms with E-state index in [0.29, 0.717) is 31.2 Å². The van der Waals surface area contributed by atoms with Crippen LogP contribution in [0.5, 0.6) is 0 Å². The number of fused-ring (bicyclic) bond motifs is 2. The molecule has 8 atom stereocenters. The summed E-state index contributed by atoms with van der Waals surface area (Å²) in [6.45, 7) is 8.53. The van der Waals surface area contributed by atoms with Crippen molar-refractivity contribution in [2.45, 2.75) is 143 Å². The van der Waals surface area contributed by atoms with Gasteiger partial charge in [0.25, 0.3) is 0 Å². The molecule has 0 radical (unpaired) electrons. The summed E-state index contributed by atoms with van der Waals surface area (Å²) in [5.74, 6) is 3.98. The fraction of sp³-hybridized carbons (Fsp3) is 0.650. The van der Waals surface area contributed by atoms with Crippen LogP contribution in [0.2, 0.25) is 0 Å². The van der Waals surface area contributed by atoms with E-state index in [1.165, 1.54) is 102 Å². The van der Waals surface area contributed by atoms with Crippen LogP contribution in [0, 0.1) is 27.8 Å². The molecule has 3 aliphatic carbocycles. The third kappa shape index (κ3) is 3.29. The van der Waals surface area contributed by atoms with Crippen molar-refractivity contribution in [2.75, 3.05) is 0 Å². The molecule has 43 heavy (non-hydrogen) atoms. The molecule has 2 aromatic carbocycles. The van der Waals surface area contributed by atoms with Gasteiger partial charge in [0.1, 0.15) is 0 Å². The molecule has 0 bridgehead atoms. The van der Waals surface area contributed by atoms with E-state index in [1.807, 2.05) is 0 Å². The highest BCUT2D eigenvalue weighted by molar-refractivity contribution is 8.09. The van der Waals surface area contributed by atoms with Gasteiger partial charge in [-0.1, -0.05) is 155 Å². The van der Waals surface area contributed by atoms with Gasteiger partial charge >= 0.3 is 0 Å². The molecule has 2 aromatic rings. The van der Waals surface area contributed by atoms with Crippen molar-refractivity contribution in [1.82, 2.24) is 0 Å². The minimum absolute atomic E-state index is 0.0141. The van der Waals surface area contributed by atoms with E-state index in [4.69, 9.17) is 0 Å². The van der Waals surface area contributed by atoms with Gasteiger partial charge in [-0.3, -0.25) is 0 Å². The van der Waals surface area contributed by atoms with Crippen LogP contribution in [0.4, 0.5) is 0 Å². The molecule has 0 N–H and O–H groups in total. The van der Waals surface area contributed by atoms with Crippen molar-refractivity contribution in [2.24, 2.45) is 16.2 Å². The van der Waals surface area contributed by atoms with Gasteiger partial charge in [-0.05, 0) is 80.4 Å². The van der Waals surface area contributed by atoms with Crippen molar-refractivity contribution in [3.05, 3.63) is 71.8 Å². The van der Waals surface area contributed by atoms with E-state index >= 15 is 0 Å². The molecular weight excluding hydrogens is 573 g/mol. The van der Waals surface area contributed by atoms with Crippen LogP contribution in [-0.4, -0.2) is 20.9 Å². The molecule has 7 fully saturated rings. The van der Waals surface area contributed by atoms with Crippen LogP contribution in [0.3, 0.4) is 0 Å². The molecule has 3 heteroatoms. The molecule has 4 heterocycles. The van der Waals surface area contributed by atoms with Crippen molar-refractivity contribution in [3.8, 4) is 11.6 Å². The van der Waals surface area contributed by atoms with Crippen LogP contribution >= 0.6 is 23.8 Å². The summed E-state index contributed by atoms with van der Waals surface area (Å²) in [5, 5.41) is 1.50. The molecule has 0 spiro atoms. The largest absolute Gasteiger partial charge is 0.0796 e. The lowest BCUT2D eigenvalue weighted by Crippen LogP contribution is -2.45. The molecule has 4 aliphatic heterocycles. The topological polar surface area (TPSA) is 0 Å². The Morgan fingerprint density at radius 2 is 1.16 bits per heavy atom. The van der Waals surface area contributed by atoms with Gasteiger partial charge in [-0.2, -0.15) is 0 Å². The van der Waals surface area contributed by atoms with Crippen molar-refractivity contribution in [3.63, 3.8) is 0 Å². The lowest BCUT2D eigenvalue weighted by atomic mass is 9.66. The summed E-state index contributed by atoms with van der Waals surface area (Å²) in [6.07, 6.45) is 22.1. The van der Waals surface area contributed by atoms with Crippen LogP contribution < -0.4 is 0 Å². The molecular formula is C40H51P3. The minimum Gasteiger partial charge on any atom is -0.0796 e. The molecule has 3 saturated carbocycles. The zero-order valence-electron chi connectivity index (χ0n) is 26.9. The zero-order chi connectivity index (χ0) is 29.1. The third-order valence-electron chi connectivity index (χ3n) is 14.3. The van der Waals surface area contributed by atoms with E-state index in [1.54, 1.807) is 5.56 Å². The lowest BCUT2D eigenvalue weighted by molar-refractivity contribution is 0.190. The highest BCUT2D eigenvalue weighted by Gasteiger charge is 3.09. The van der Waals surface area contributed by atoms with Crippen LogP contribution in [0.15, 0.2) is 60.7 Å². The quantitative estimate of drug-likeness (QED) is 0.235. The Labute approximate surface area is 265 Å². The highest BCUT2D eigenvalue weighted by atomic mass is 31.2. The summed E-state index contributed by atoms with van der Waals surface area (Å²) in [6, 6.07) is 23.5. The van der Waals surface area contributed by atoms with Crippen molar-refractivity contribution in [1.29, 1.82) is 0 Å². The Kier molecular flexibility index (Phi) is 6.41. The summed E-state index contributed by atoms with van der Waals surface area (Å²) in [7, 11) is -0.450. The first-order valence-electron chi connectivity index (χ1n) is 17.9. The predicted octanol–water partition coefficient (Wildman–Crippen LogP) is 12.4. The summed E-state index contributed by atoms with van der Waals surface area (Å²) >= 11 is 0. The van der Waals surface area contributed by atoms with E-state index in [-0.39, 0.29) is 23.8 Å². The van der Waals surface area contributed by atoms with Gasteiger partial charge in [-0.15, -0.1) is 0 Å². The fourth-order valence-electron chi connectivity index (χ4n) is 12.7. The molecule has 226 valence electrons. The van der Waals surface area contributed by atoms with Gasteiger partial charge in [0.05, 0.1) is 0 Å². The summed E-state index contributed by atoms with van der Waals surface area (Å²) in [4.78, 5) is 1.01. The van der Waals surface area contributed by atoms with Gasteiger partial charge in [0.15, 0.2) is 0 Å². The summed E-state index contributed by atoms with van der Waals surface area (Å²) < 4.78 is 0. The third-order valence-corrected chi connectivity index (χ3v) is 30.1. The second-order valence-electron chi connectivity index (χ2n) is 16.5. The average Bonchev–Trinajstić information content (AvgIpc) is 3.85. The monoisotopic (exact) mass is 624 g/mol. The van der Waals surface area contributed by atoms with E-state index < -0.39 is 0 Å². The second kappa shape index (κ2) is 9.66. The fourth-order valence-corrected chi connectivity index (χ4v) is 36.1. The van der Waals surface area contributed by atoms with Gasteiger partial charge < -0.3 is 0 Å². The molecule has 0 amide bonds. The second-order valence-corrected chi connectivity index (χ2v) is 25.0. The van der Waals surface area contributed by atoms with E-state index in [0.717, 1.165) is 11.1 Å². The number of rotatable bonds is 4. The van der Waals surface area contributed by atoms with Gasteiger partial charge in [0, 0.05) is 31.6 Å². The Hall–Kier alpha value is -0.710. The molecule has 7 aliphatic rings. The van der Waals surface area contributed by atoms with Gasteiger partial charge in [0.2, 0.25) is 0 Å². The predicted molar refractivity (Wildman–Crippen MR) is 189 cm³/mol. The number of hydrogen-bond donors (Lipinski definition) is 0. The molecule has 9 rings (SSSR count). The summed E-state index contributed by atoms with van der Waals surface area (Å²) in [5.41, 5.74) is 10.00. The van der Waals surface area contributed by atoms with Gasteiger partial charge in [-0.25, -0.2) is 0 Å². The zero-order valence-corrected chi connectivity index (χ0v) is 29.6. The molecule has 0 aromatic heterocycles. The maximum Gasteiger partial charge on any atom is 0.0436 e. The maximum atomic E-state index is 4.45.